The van der Waals surface area contributed by atoms with Gasteiger partial charge in [-0.3, -0.25) is 0 Å². The molecule has 0 bridgehead atoms. The molecule has 0 aliphatic heterocycles. The van der Waals surface area contributed by atoms with E-state index in [9.17, 15) is 14.9 Å². The van der Waals surface area contributed by atoms with E-state index in [-0.39, 0.29) is 0 Å². The van der Waals surface area contributed by atoms with Gasteiger partial charge in [-0.05, 0) is 36.4 Å². The van der Waals surface area contributed by atoms with Crippen molar-refractivity contribution in [2.24, 2.45) is 4.99 Å². The third-order valence-electron chi connectivity index (χ3n) is 2.35. The molecule has 0 aliphatic carbocycles. The van der Waals surface area contributed by atoms with Crippen LogP contribution in [0.2, 0.25) is 0 Å². The van der Waals surface area contributed by atoms with E-state index in [0.29, 0.717) is 17.2 Å². The molecule has 0 atom stereocenters. The molecule has 0 N–H and O–H groups in total. The fraction of sp³-hybridized carbons (Fsp3) is 0. The number of rotatable bonds is 4. The highest BCUT2D eigenvalue weighted by molar-refractivity contribution is 5.50. The van der Waals surface area contributed by atoms with E-state index in [1.165, 1.54) is 30.3 Å². The van der Waals surface area contributed by atoms with Crippen molar-refractivity contribution in [3.8, 4) is 11.5 Å². The summed E-state index contributed by atoms with van der Waals surface area (Å²) in [6.45, 7) is 0. The predicted molar refractivity (Wildman–Crippen MR) is 67.7 cm³/mol. The van der Waals surface area contributed by atoms with Crippen molar-refractivity contribution in [2.45, 2.75) is 0 Å². The van der Waals surface area contributed by atoms with Gasteiger partial charge in [0, 0.05) is 0 Å². The van der Waals surface area contributed by atoms with Gasteiger partial charge in [0.1, 0.15) is 10.1 Å². The first-order valence-electron chi connectivity index (χ1n) is 5.34. The van der Waals surface area contributed by atoms with Gasteiger partial charge in [0.2, 0.25) is 6.08 Å². The number of hydrogen-bond acceptors (Lipinski definition) is 4. The summed E-state index contributed by atoms with van der Waals surface area (Å²) in [6, 6.07) is 14.3. The Kier molecular flexibility index (Phi) is 3.66. The van der Waals surface area contributed by atoms with Gasteiger partial charge in [0.05, 0.1) is 5.69 Å². The molecule has 94 valence electrons. The van der Waals surface area contributed by atoms with E-state index >= 15 is 0 Å². The first kappa shape index (κ1) is 12.5. The highest BCUT2D eigenvalue weighted by atomic mass is 17.0. The number of benzene rings is 2. The van der Waals surface area contributed by atoms with Crippen LogP contribution in [0.25, 0.3) is 0 Å². The lowest BCUT2D eigenvalue weighted by Crippen LogP contribution is -2.21. The second-order valence-electron chi connectivity index (χ2n) is 3.52. The molecule has 0 fully saturated rings. The van der Waals surface area contributed by atoms with Gasteiger partial charge in [0.25, 0.3) is 0 Å². The lowest BCUT2D eigenvalue weighted by atomic mass is 10.3. The first-order chi connectivity index (χ1) is 9.22. The fourth-order valence-electron chi connectivity index (χ4n) is 1.56. The van der Waals surface area contributed by atoms with Crippen molar-refractivity contribution >= 4 is 11.8 Å². The van der Waals surface area contributed by atoms with Gasteiger partial charge in [-0.1, -0.05) is 18.2 Å². The Morgan fingerprint density at radius 2 is 1.58 bits per heavy atom. The largest absolute Gasteiger partial charge is 0.498 e. The molecule has 0 amide bonds. The van der Waals surface area contributed by atoms with Gasteiger partial charge >= 0.3 is 5.09 Å². The minimum absolute atomic E-state index is 0.293. The zero-order valence-electron chi connectivity index (χ0n) is 9.72. The molecule has 0 heterocycles. The molecule has 6 nitrogen and oxygen atoms in total. The summed E-state index contributed by atoms with van der Waals surface area (Å²) in [4.78, 5) is 24.6. The number of aliphatic imine (C=N–C) groups is 1. The molecule has 0 aromatic heterocycles. The van der Waals surface area contributed by atoms with E-state index < -0.39 is 5.09 Å². The van der Waals surface area contributed by atoms with Crippen molar-refractivity contribution in [3.63, 3.8) is 0 Å². The quantitative estimate of drug-likeness (QED) is 0.277. The van der Waals surface area contributed by atoms with Crippen LogP contribution in [0.5, 0.6) is 11.5 Å². The van der Waals surface area contributed by atoms with Crippen molar-refractivity contribution < 1.29 is 14.3 Å². The highest BCUT2D eigenvalue weighted by Crippen LogP contribution is 2.30. The van der Waals surface area contributed by atoms with Gasteiger partial charge in [0.15, 0.2) is 11.5 Å². The maximum atomic E-state index is 11.1. The van der Waals surface area contributed by atoms with Gasteiger partial charge in [-0.25, -0.2) is 4.79 Å². The zero-order chi connectivity index (χ0) is 13.7. The van der Waals surface area contributed by atoms with Crippen LogP contribution in [0.4, 0.5) is 5.69 Å². The second kappa shape index (κ2) is 5.57. The summed E-state index contributed by atoms with van der Waals surface area (Å²) in [6.07, 6.45) is 1.41. The normalized spacial score (nSPS) is 9.47. The summed E-state index contributed by atoms with van der Waals surface area (Å²) in [5.74, 6) is 0.653. The lowest BCUT2D eigenvalue weighted by Gasteiger charge is -2.15. The fourth-order valence-corrected chi connectivity index (χ4v) is 1.56. The topological polar surface area (TPSA) is 75.3 Å². The number of nitrogens with zero attached hydrogens (tertiary/aromatic N) is 2. The van der Waals surface area contributed by atoms with Crippen LogP contribution in [0.3, 0.4) is 0 Å². The van der Waals surface area contributed by atoms with E-state index in [2.05, 4.69) is 4.99 Å². The first-order valence-corrected chi connectivity index (χ1v) is 5.34. The van der Waals surface area contributed by atoms with Crippen molar-refractivity contribution in [1.29, 1.82) is 0 Å². The SMILES string of the molecule is O=C=Nc1ccc([O+](c2ccccc2)[N+](=O)[O-])cc1. The van der Waals surface area contributed by atoms with Gasteiger partial charge in [-0.2, -0.15) is 4.99 Å². The zero-order valence-corrected chi connectivity index (χ0v) is 9.72. The smallest absolute Gasteiger partial charge is 0.312 e. The Morgan fingerprint density at radius 1 is 1.00 bits per heavy atom. The maximum Gasteiger partial charge on any atom is 0.498 e. The Balaban J connectivity index is 2.40. The number of carbonyl (C=O) groups excluding carboxylic acids is 1. The molecule has 2 rings (SSSR count). The second-order valence-corrected chi connectivity index (χ2v) is 3.52. The minimum atomic E-state index is -0.590. The third-order valence-corrected chi connectivity index (χ3v) is 2.35. The van der Waals surface area contributed by atoms with Crippen LogP contribution in [0.15, 0.2) is 59.6 Å². The van der Waals surface area contributed by atoms with Crippen LogP contribution in [0, 0.1) is 10.1 Å². The van der Waals surface area contributed by atoms with E-state index in [0.717, 1.165) is 0 Å². The number of isocyanates is 1. The summed E-state index contributed by atoms with van der Waals surface area (Å²) in [5, 5.41) is 10.5. The van der Waals surface area contributed by atoms with Crippen LogP contribution in [-0.2, 0) is 4.79 Å². The Bertz CT molecular complexity index is 619. The molecule has 0 saturated heterocycles. The molecule has 6 heteroatoms. The van der Waals surface area contributed by atoms with E-state index in [1.54, 1.807) is 30.3 Å². The summed E-state index contributed by atoms with van der Waals surface area (Å²) in [5.41, 5.74) is 0.385. The molecule has 19 heavy (non-hydrogen) atoms. The van der Waals surface area contributed by atoms with Gasteiger partial charge < -0.3 is 4.47 Å². The van der Waals surface area contributed by atoms with Gasteiger partial charge in [-0.15, -0.1) is 0 Å². The Labute approximate surface area is 108 Å². The van der Waals surface area contributed by atoms with Crippen LogP contribution >= 0.6 is 0 Å². The minimum Gasteiger partial charge on any atom is -0.312 e. The van der Waals surface area contributed by atoms with Crippen LogP contribution in [0.1, 0.15) is 0 Å². The van der Waals surface area contributed by atoms with E-state index in [1.807, 2.05) is 4.47 Å². The average molecular weight is 257 g/mol. The summed E-state index contributed by atoms with van der Waals surface area (Å²) >= 11 is 0. The standard InChI is InChI=1S/C13H9N2O4/c16-10-14-11-6-8-13(9-7-11)19(15(17)18)12-4-2-1-3-5-12/h1-9H/q+1. The van der Waals surface area contributed by atoms with Crippen molar-refractivity contribution in [1.82, 2.24) is 0 Å². The third kappa shape index (κ3) is 2.83. The Morgan fingerprint density at radius 3 is 2.11 bits per heavy atom. The molecule has 0 unspecified atom stereocenters. The van der Waals surface area contributed by atoms with E-state index in [4.69, 9.17) is 0 Å². The molecule has 0 saturated carbocycles. The monoisotopic (exact) mass is 257 g/mol. The van der Waals surface area contributed by atoms with Crippen LogP contribution < -0.4 is 4.47 Å². The molecular formula is C13H9N2O4+. The number of hydrogen-bond donors (Lipinski definition) is 0. The average Bonchev–Trinajstić information content (AvgIpc) is 2.42. The lowest BCUT2D eigenvalue weighted by molar-refractivity contribution is -0.773. The predicted octanol–water partition coefficient (Wildman–Crippen LogP) is 3.17. The maximum absolute atomic E-state index is 11.1. The molecule has 0 spiro atoms. The summed E-state index contributed by atoms with van der Waals surface area (Å²) in [7, 11) is 0. The highest BCUT2D eigenvalue weighted by Gasteiger charge is 2.22. The number of para-hydroxylation sites is 1. The summed E-state index contributed by atoms with van der Waals surface area (Å²) < 4.78 is 1.89. The molecule has 2 aromatic carbocycles. The van der Waals surface area contributed by atoms with Crippen molar-refractivity contribution in [3.05, 3.63) is 64.7 Å². The molecule has 0 aliphatic rings. The van der Waals surface area contributed by atoms with Crippen LogP contribution in [-0.4, -0.2) is 11.2 Å². The molecule has 0 radical (unpaired) electrons. The molecule has 2 aromatic rings. The van der Waals surface area contributed by atoms with Crippen molar-refractivity contribution in [2.75, 3.05) is 0 Å². The molecular weight excluding hydrogens is 248 g/mol. The Hall–Kier alpha value is -2.98.